The van der Waals surface area contributed by atoms with Gasteiger partial charge in [-0.2, -0.15) is 0 Å². The fraction of sp³-hybridized carbons (Fsp3) is 0.269. The van der Waals surface area contributed by atoms with E-state index in [1.54, 1.807) is 42.1 Å². The average Bonchev–Trinajstić information content (AvgIpc) is 3.11. The van der Waals surface area contributed by atoms with Gasteiger partial charge in [-0.3, -0.25) is 13.8 Å². The molecule has 174 valence electrons. The first-order valence-electron chi connectivity index (χ1n) is 11.3. The maximum absolute atomic E-state index is 14.0. The third-order valence-electron chi connectivity index (χ3n) is 6.11. The van der Waals surface area contributed by atoms with Crippen LogP contribution >= 0.6 is 0 Å². The zero-order valence-electron chi connectivity index (χ0n) is 18.8. The number of hydrogen-bond donors (Lipinski definition) is 0. The number of ether oxygens (including phenoxy) is 2. The number of pyridine rings is 1. The highest BCUT2D eigenvalue weighted by molar-refractivity contribution is 7.85. The molecule has 0 aliphatic heterocycles. The summed E-state index contributed by atoms with van der Waals surface area (Å²) in [6, 6.07) is 18.2. The van der Waals surface area contributed by atoms with Gasteiger partial charge in [0.1, 0.15) is 5.75 Å². The minimum Gasteiger partial charge on any atom is -0.496 e. The van der Waals surface area contributed by atoms with E-state index in [-0.39, 0.29) is 12.0 Å². The van der Waals surface area contributed by atoms with Crippen LogP contribution in [0.3, 0.4) is 0 Å². The van der Waals surface area contributed by atoms with E-state index in [1.165, 1.54) is 0 Å². The maximum Gasteiger partial charge on any atom is 0.339 e. The Hall–Kier alpha value is -3.52. The number of imidazole rings is 1. The molecule has 0 amide bonds. The van der Waals surface area contributed by atoms with E-state index in [1.807, 2.05) is 36.4 Å². The van der Waals surface area contributed by atoms with Crippen LogP contribution in [0.4, 0.5) is 0 Å². The van der Waals surface area contributed by atoms with Crippen LogP contribution < -0.4 is 4.74 Å². The van der Waals surface area contributed by atoms with Crippen molar-refractivity contribution < 1.29 is 18.5 Å². The summed E-state index contributed by atoms with van der Waals surface area (Å²) in [7, 11) is 0.132. The van der Waals surface area contributed by atoms with Crippen molar-refractivity contribution in [2.24, 2.45) is 0 Å². The van der Waals surface area contributed by atoms with Crippen LogP contribution in [0, 0.1) is 0 Å². The molecule has 0 fully saturated rings. The van der Waals surface area contributed by atoms with E-state index in [4.69, 9.17) is 14.5 Å². The fourth-order valence-corrected chi connectivity index (χ4v) is 6.02. The first kappa shape index (κ1) is 22.3. The molecule has 0 spiro atoms. The van der Waals surface area contributed by atoms with Gasteiger partial charge in [-0.25, -0.2) is 9.78 Å². The fourth-order valence-electron chi connectivity index (χ4n) is 4.43. The molecule has 0 N–H and O–H groups in total. The predicted molar refractivity (Wildman–Crippen MR) is 129 cm³/mol. The molecule has 2 aromatic heterocycles. The van der Waals surface area contributed by atoms with Gasteiger partial charge in [0.15, 0.2) is 6.73 Å². The molecule has 0 saturated carbocycles. The monoisotopic (exact) mass is 475 g/mol. The van der Waals surface area contributed by atoms with Gasteiger partial charge in [0.25, 0.3) is 0 Å². The van der Waals surface area contributed by atoms with Crippen LogP contribution in [-0.2, 0) is 28.7 Å². The van der Waals surface area contributed by atoms with Gasteiger partial charge >= 0.3 is 5.97 Å². The van der Waals surface area contributed by atoms with Gasteiger partial charge in [0.05, 0.1) is 45.5 Å². The average molecular weight is 476 g/mol. The summed E-state index contributed by atoms with van der Waals surface area (Å²) < 4.78 is 26.9. The molecule has 4 aromatic rings. The summed E-state index contributed by atoms with van der Waals surface area (Å²) in [5, 5.41) is 0.0533. The van der Waals surface area contributed by atoms with Crippen molar-refractivity contribution in [1.29, 1.82) is 0 Å². The summed E-state index contributed by atoms with van der Waals surface area (Å²) in [5.74, 6) is 0.334. The molecule has 2 heterocycles. The van der Waals surface area contributed by atoms with Crippen molar-refractivity contribution in [3.05, 3.63) is 83.7 Å². The standard InChI is InChI=1S/C26H25N3O4S/c1-32-22-15-16-27-24-19(22)11-5-8-14-23(24)34(31)26-28-20-12-6-7-13-21(20)29(26)17-33-25(30)18-9-3-2-4-10-18/h2-4,6-7,9-10,12-13,15-16,23H,5,8,11,14,17H2,1H3. The molecular formula is C26H25N3O4S. The minimum absolute atomic E-state index is 0.0829. The van der Waals surface area contributed by atoms with Crippen molar-refractivity contribution in [2.75, 3.05) is 7.11 Å². The number of nitrogens with zero attached hydrogens (tertiary/aromatic N) is 3. The lowest BCUT2D eigenvalue weighted by molar-refractivity contribution is 0.0364. The second-order valence-electron chi connectivity index (χ2n) is 8.15. The SMILES string of the molecule is COc1ccnc2c1CCCCC2S(=O)c1nc2ccccc2n1COC(=O)c1ccccc1. The van der Waals surface area contributed by atoms with Gasteiger partial charge < -0.3 is 9.47 Å². The number of aromatic nitrogens is 3. The number of para-hydroxylation sites is 2. The molecule has 0 bridgehead atoms. The summed E-state index contributed by atoms with van der Waals surface area (Å²) in [6.07, 6.45) is 5.18. The molecule has 0 saturated heterocycles. The number of fused-ring (bicyclic) bond motifs is 2. The number of methoxy groups -OCH3 is 1. The highest BCUT2D eigenvalue weighted by atomic mass is 32.2. The van der Waals surface area contributed by atoms with Gasteiger partial charge in [-0.05, 0) is 49.6 Å². The molecule has 1 aliphatic rings. The Kier molecular flexibility index (Phi) is 6.40. The number of carbonyl (C=O) groups excluding carboxylic acids is 1. The smallest absolute Gasteiger partial charge is 0.339 e. The van der Waals surface area contributed by atoms with Crippen molar-refractivity contribution in [2.45, 2.75) is 42.8 Å². The van der Waals surface area contributed by atoms with Gasteiger partial charge in [-0.1, -0.05) is 36.8 Å². The molecule has 1 aliphatic carbocycles. The van der Waals surface area contributed by atoms with Gasteiger partial charge in [0, 0.05) is 11.8 Å². The zero-order chi connectivity index (χ0) is 23.5. The second-order valence-corrected chi connectivity index (χ2v) is 9.68. The molecule has 5 rings (SSSR count). The van der Waals surface area contributed by atoms with Crippen molar-refractivity contribution >= 4 is 27.8 Å². The van der Waals surface area contributed by atoms with E-state index in [0.717, 1.165) is 48.2 Å². The molecular weight excluding hydrogens is 450 g/mol. The first-order chi connectivity index (χ1) is 16.7. The highest BCUT2D eigenvalue weighted by Gasteiger charge is 2.31. The van der Waals surface area contributed by atoms with Crippen LogP contribution in [0.25, 0.3) is 11.0 Å². The van der Waals surface area contributed by atoms with Gasteiger partial charge in [0.2, 0.25) is 5.16 Å². The van der Waals surface area contributed by atoms with Gasteiger partial charge in [-0.15, -0.1) is 0 Å². The van der Waals surface area contributed by atoms with E-state index < -0.39 is 16.8 Å². The van der Waals surface area contributed by atoms with Crippen LogP contribution in [-0.4, -0.2) is 31.8 Å². The molecule has 2 aromatic carbocycles. The summed E-state index contributed by atoms with van der Waals surface area (Å²) in [4.78, 5) is 21.9. The third kappa shape index (κ3) is 4.21. The number of carbonyl (C=O) groups is 1. The quantitative estimate of drug-likeness (QED) is 0.293. The lowest BCUT2D eigenvalue weighted by Crippen LogP contribution is -2.17. The lowest BCUT2D eigenvalue weighted by atomic mass is 10.1. The van der Waals surface area contributed by atoms with Crippen LogP contribution in [0.1, 0.15) is 46.1 Å². The Labute approximate surface area is 200 Å². The van der Waals surface area contributed by atoms with Crippen molar-refractivity contribution in [3.63, 3.8) is 0 Å². The van der Waals surface area contributed by atoms with Crippen LogP contribution in [0.2, 0.25) is 0 Å². The minimum atomic E-state index is -1.51. The van der Waals surface area contributed by atoms with E-state index in [9.17, 15) is 9.00 Å². The Morgan fingerprint density at radius 2 is 1.88 bits per heavy atom. The topological polar surface area (TPSA) is 83.3 Å². The molecule has 2 unspecified atom stereocenters. The Bertz CT molecular complexity index is 1350. The first-order valence-corrected chi connectivity index (χ1v) is 12.5. The number of hydrogen-bond acceptors (Lipinski definition) is 6. The number of esters is 1. The van der Waals surface area contributed by atoms with Crippen molar-refractivity contribution in [1.82, 2.24) is 14.5 Å². The zero-order valence-corrected chi connectivity index (χ0v) is 19.7. The summed E-state index contributed by atoms with van der Waals surface area (Å²) in [5.41, 5.74) is 3.74. The Balaban J connectivity index is 1.52. The molecule has 2 atom stereocenters. The molecule has 8 heteroatoms. The van der Waals surface area contributed by atoms with Crippen LogP contribution in [0.5, 0.6) is 5.75 Å². The Morgan fingerprint density at radius 3 is 2.71 bits per heavy atom. The summed E-state index contributed by atoms with van der Waals surface area (Å²) in [6.45, 7) is -0.0829. The van der Waals surface area contributed by atoms with E-state index in [0.29, 0.717) is 16.2 Å². The normalized spacial score (nSPS) is 16.4. The second kappa shape index (κ2) is 9.77. The molecule has 7 nitrogen and oxygen atoms in total. The highest BCUT2D eigenvalue weighted by Crippen LogP contribution is 2.38. The third-order valence-corrected chi connectivity index (χ3v) is 7.75. The molecule has 34 heavy (non-hydrogen) atoms. The largest absolute Gasteiger partial charge is 0.496 e. The number of rotatable bonds is 6. The van der Waals surface area contributed by atoms with Crippen molar-refractivity contribution in [3.8, 4) is 5.75 Å². The Morgan fingerprint density at radius 1 is 1.09 bits per heavy atom. The van der Waals surface area contributed by atoms with E-state index >= 15 is 0 Å². The molecule has 0 radical (unpaired) electrons. The van der Waals surface area contributed by atoms with Crippen LogP contribution in [0.15, 0.2) is 72.0 Å². The maximum atomic E-state index is 14.0. The lowest BCUT2D eigenvalue weighted by Gasteiger charge is -2.18. The van der Waals surface area contributed by atoms with E-state index in [2.05, 4.69) is 4.98 Å². The predicted octanol–water partition coefficient (Wildman–Crippen LogP) is 4.83. The summed E-state index contributed by atoms with van der Waals surface area (Å²) >= 11 is 0. The number of benzene rings is 2.